The van der Waals surface area contributed by atoms with Gasteiger partial charge in [0, 0.05) is 80.3 Å². The van der Waals surface area contributed by atoms with Crippen molar-refractivity contribution in [1.29, 1.82) is 0 Å². The Morgan fingerprint density at radius 2 is 0.750 bits per heavy atom. The second-order valence-corrected chi connectivity index (χ2v) is 20.3. The van der Waals surface area contributed by atoms with Crippen LogP contribution in [0.3, 0.4) is 0 Å². The second-order valence-electron chi connectivity index (χ2n) is 19.2. The van der Waals surface area contributed by atoms with Crippen LogP contribution in [-0.2, 0) is 0 Å². The van der Waals surface area contributed by atoms with Gasteiger partial charge in [-0.05, 0) is 132 Å². The van der Waals surface area contributed by atoms with E-state index in [-0.39, 0.29) is 0 Å². The molecule has 0 saturated heterocycles. The maximum atomic E-state index is 7.58. The van der Waals surface area contributed by atoms with Crippen molar-refractivity contribution in [3.8, 4) is 28.2 Å². The Morgan fingerprint density at radius 3 is 1.49 bits per heavy atom. The van der Waals surface area contributed by atoms with Crippen LogP contribution in [0.25, 0.3) is 158 Å². The molecule has 0 aliphatic heterocycles. The molecule has 0 radical (unpaired) electrons. The highest BCUT2D eigenvalue weighted by Crippen LogP contribution is 2.47. The fraction of sp³-hybridized carbons (Fsp3) is 0. The van der Waals surface area contributed by atoms with E-state index in [2.05, 4.69) is 226 Å². The van der Waals surface area contributed by atoms with Crippen LogP contribution in [-0.4, -0.2) is 13.7 Å². The van der Waals surface area contributed by atoms with Crippen molar-refractivity contribution >= 4 is 141 Å². The standard InChI is InChI=1S/C66H37N3O2S/c1-2-12-40(13-3-1)67-56-29-24-41(68-53-18-8-4-14-43(53)44-15-5-9-19-54(44)68)37-52(56)64-57(67)30-26-48-47-27-31-58-63(65(47)71-66(48)64)51-35-38(39-23-32-60-49(34-39)45-16-6-10-20-59(45)70-60)22-28-55(51)69(58)42-25-33-62-50(36-42)46-17-7-11-21-61(46)72-62/h1-37H. The van der Waals surface area contributed by atoms with Gasteiger partial charge in [0.05, 0.1) is 43.9 Å². The lowest BCUT2D eigenvalue weighted by molar-refractivity contribution is 0.669. The quantitative estimate of drug-likeness (QED) is 0.176. The fourth-order valence-electron chi connectivity index (χ4n) is 12.3. The Bertz CT molecular complexity index is 5120. The maximum absolute atomic E-state index is 7.58. The number of nitrogens with zero attached hydrogens (tertiary/aromatic N) is 3. The minimum absolute atomic E-state index is 0.883. The van der Waals surface area contributed by atoms with Crippen LogP contribution in [0.15, 0.2) is 233 Å². The van der Waals surface area contributed by atoms with Gasteiger partial charge in [-0.3, -0.25) is 0 Å². The fourth-order valence-corrected chi connectivity index (χ4v) is 13.4. The molecular weight excluding hydrogens is 899 g/mol. The summed E-state index contributed by atoms with van der Waals surface area (Å²) in [6.07, 6.45) is 0. The molecule has 6 aromatic heterocycles. The molecule has 0 atom stereocenters. The van der Waals surface area contributed by atoms with Crippen molar-refractivity contribution in [3.63, 3.8) is 0 Å². The molecule has 6 heterocycles. The summed E-state index contributed by atoms with van der Waals surface area (Å²) < 4.78 is 23.7. The van der Waals surface area contributed by atoms with Crippen molar-refractivity contribution in [3.05, 3.63) is 224 Å². The Morgan fingerprint density at radius 1 is 0.264 bits per heavy atom. The molecule has 0 unspecified atom stereocenters. The summed E-state index contributed by atoms with van der Waals surface area (Å²) in [5.74, 6) is 0. The highest BCUT2D eigenvalue weighted by Gasteiger charge is 2.24. The Labute approximate surface area is 413 Å². The molecule has 17 aromatic rings. The smallest absolute Gasteiger partial charge is 0.145 e. The highest BCUT2D eigenvalue weighted by atomic mass is 32.1. The van der Waals surface area contributed by atoms with E-state index < -0.39 is 0 Å². The third kappa shape index (κ3) is 5.15. The van der Waals surface area contributed by atoms with Gasteiger partial charge in [0.15, 0.2) is 0 Å². The molecule has 0 N–H and O–H groups in total. The van der Waals surface area contributed by atoms with Gasteiger partial charge >= 0.3 is 0 Å². The summed E-state index contributed by atoms with van der Waals surface area (Å²) in [5.41, 5.74) is 16.0. The number of para-hydroxylation sites is 4. The predicted octanol–water partition coefficient (Wildman–Crippen LogP) is 18.8. The average molecular weight is 936 g/mol. The first kappa shape index (κ1) is 38.5. The first-order valence-electron chi connectivity index (χ1n) is 24.5. The number of fused-ring (bicyclic) bond motifs is 20. The van der Waals surface area contributed by atoms with E-state index in [4.69, 9.17) is 8.83 Å². The van der Waals surface area contributed by atoms with Gasteiger partial charge in [-0.15, -0.1) is 11.3 Å². The number of hydrogen-bond donors (Lipinski definition) is 0. The van der Waals surface area contributed by atoms with Gasteiger partial charge in [-0.1, -0.05) is 103 Å². The molecule has 0 fully saturated rings. The zero-order valence-corrected chi connectivity index (χ0v) is 39.2. The van der Waals surface area contributed by atoms with E-state index >= 15 is 0 Å². The minimum atomic E-state index is 0.883. The molecule has 17 rings (SSSR count). The van der Waals surface area contributed by atoms with Crippen LogP contribution in [0.1, 0.15) is 0 Å². The van der Waals surface area contributed by atoms with Crippen LogP contribution in [0.2, 0.25) is 0 Å². The largest absolute Gasteiger partial charge is 0.456 e. The first-order valence-corrected chi connectivity index (χ1v) is 25.3. The summed E-state index contributed by atoms with van der Waals surface area (Å²) >= 11 is 1.85. The van der Waals surface area contributed by atoms with Crippen molar-refractivity contribution < 1.29 is 8.83 Å². The molecule has 0 saturated carbocycles. The predicted molar refractivity (Wildman–Crippen MR) is 302 cm³/mol. The second kappa shape index (κ2) is 14.1. The van der Waals surface area contributed by atoms with Crippen molar-refractivity contribution in [2.75, 3.05) is 0 Å². The molecule has 0 bridgehead atoms. The van der Waals surface area contributed by atoms with Gasteiger partial charge < -0.3 is 22.5 Å². The van der Waals surface area contributed by atoms with Crippen molar-refractivity contribution in [2.45, 2.75) is 0 Å². The normalized spacial score (nSPS) is 12.4. The van der Waals surface area contributed by atoms with Gasteiger partial charge in [0.25, 0.3) is 0 Å². The van der Waals surface area contributed by atoms with Gasteiger partial charge in [0.1, 0.15) is 22.3 Å². The minimum Gasteiger partial charge on any atom is -0.456 e. The molecular formula is C66H37N3O2S. The van der Waals surface area contributed by atoms with E-state index in [1.807, 2.05) is 23.5 Å². The highest BCUT2D eigenvalue weighted by molar-refractivity contribution is 7.25. The van der Waals surface area contributed by atoms with Crippen LogP contribution in [0, 0.1) is 0 Å². The van der Waals surface area contributed by atoms with E-state index in [0.717, 1.165) is 116 Å². The monoisotopic (exact) mass is 935 g/mol. The molecule has 0 spiro atoms. The molecule has 334 valence electrons. The Balaban J connectivity index is 0.973. The van der Waals surface area contributed by atoms with E-state index in [9.17, 15) is 0 Å². The summed E-state index contributed by atoms with van der Waals surface area (Å²) in [6, 6.07) is 81.8. The Kier molecular flexibility index (Phi) is 7.55. The van der Waals surface area contributed by atoms with Gasteiger partial charge in [0.2, 0.25) is 0 Å². The zero-order valence-electron chi connectivity index (χ0n) is 38.4. The number of aromatic nitrogens is 3. The van der Waals surface area contributed by atoms with E-state index in [1.165, 1.54) is 42.0 Å². The number of benzene rings is 11. The molecule has 0 aliphatic carbocycles. The molecule has 5 nitrogen and oxygen atoms in total. The number of furan rings is 2. The van der Waals surface area contributed by atoms with E-state index in [1.54, 1.807) is 0 Å². The van der Waals surface area contributed by atoms with Crippen LogP contribution in [0.5, 0.6) is 0 Å². The Hall–Kier alpha value is -9.36. The topological polar surface area (TPSA) is 41.1 Å². The molecule has 11 aromatic carbocycles. The molecule has 0 aliphatic rings. The molecule has 0 amide bonds. The lowest BCUT2D eigenvalue weighted by atomic mass is 10.00. The zero-order chi connectivity index (χ0) is 46.8. The van der Waals surface area contributed by atoms with Crippen LogP contribution >= 0.6 is 11.3 Å². The van der Waals surface area contributed by atoms with E-state index in [0.29, 0.717) is 0 Å². The summed E-state index contributed by atoms with van der Waals surface area (Å²) in [6.45, 7) is 0. The lowest BCUT2D eigenvalue weighted by Crippen LogP contribution is -1.95. The number of thiophene rings is 1. The van der Waals surface area contributed by atoms with Crippen LogP contribution in [0.4, 0.5) is 0 Å². The van der Waals surface area contributed by atoms with Gasteiger partial charge in [-0.2, -0.15) is 0 Å². The first-order chi connectivity index (χ1) is 35.7. The van der Waals surface area contributed by atoms with Crippen molar-refractivity contribution in [2.24, 2.45) is 0 Å². The third-order valence-electron chi connectivity index (χ3n) is 15.4. The maximum Gasteiger partial charge on any atom is 0.145 e. The summed E-state index contributed by atoms with van der Waals surface area (Å²) in [4.78, 5) is 0. The summed E-state index contributed by atoms with van der Waals surface area (Å²) in [7, 11) is 0. The summed E-state index contributed by atoms with van der Waals surface area (Å²) in [5, 5.41) is 13.9. The average Bonchev–Trinajstić information content (AvgIpc) is 4.29. The van der Waals surface area contributed by atoms with Gasteiger partial charge in [-0.25, -0.2) is 0 Å². The number of rotatable bonds is 4. The SMILES string of the molecule is c1ccc(-n2c3ccc(-n4c5ccccc5c5ccccc54)cc3c3c4oc5c(ccc6c5c5cc(-c7ccc8oc9ccccc9c8c7)ccc5n6-c5ccc6sc7ccccc7c6c5)c4ccc32)cc1. The molecule has 6 heteroatoms. The number of hydrogen-bond acceptors (Lipinski definition) is 3. The van der Waals surface area contributed by atoms with Crippen LogP contribution < -0.4 is 0 Å². The van der Waals surface area contributed by atoms with Crippen molar-refractivity contribution in [1.82, 2.24) is 13.7 Å². The lowest BCUT2D eigenvalue weighted by Gasteiger charge is -2.10. The molecule has 72 heavy (non-hydrogen) atoms. The third-order valence-corrected chi connectivity index (χ3v) is 16.6.